The molecule has 2 aromatic carbocycles. The second-order valence-electron chi connectivity index (χ2n) is 4.04. The van der Waals surface area contributed by atoms with Crippen LogP contribution < -0.4 is 10.1 Å². The van der Waals surface area contributed by atoms with E-state index in [0.29, 0.717) is 16.4 Å². The maximum Gasteiger partial charge on any atom is 0.412 e. The van der Waals surface area contributed by atoms with Gasteiger partial charge in [-0.2, -0.15) is 0 Å². The Morgan fingerprint density at radius 2 is 2.00 bits per heavy atom. The van der Waals surface area contributed by atoms with Crippen molar-refractivity contribution in [1.82, 2.24) is 5.32 Å². The van der Waals surface area contributed by atoms with E-state index >= 15 is 0 Å². The van der Waals surface area contributed by atoms with Gasteiger partial charge in [-0.05, 0) is 30.3 Å². The zero-order valence-corrected chi connectivity index (χ0v) is 10.8. The number of nitrogens with one attached hydrogen (secondary N) is 1. The van der Waals surface area contributed by atoms with Crippen molar-refractivity contribution in [3.8, 4) is 5.75 Å². The first-order valence-corrected chi connectivity index (χ1v) is 6.06. The molecule has 0 bridgehead atoms. The summed E-state index contributed by atoms with van der Waals surface area (Å²) in [7, 11) is 1.51. The highest BCUT2D eigenvalue weighted by atomic mass is 35.5. The maximum absolute atomic E-state index is 11.2. The van der Waals surface area contributed by atoms with Gasteiger partial charge in [0.05, 0.1) is 0 Å². The largest absolute Gasteiger partial charge is 0.456 e. The van der Waals surface area contributed by atoms with Crippen LogP contribution in [0.5, 0.6) is 5.75 Å². The van der Waals surface area contributed by atoms with Crippen LogP contribution in [0.1, 0.15) is 0 Å². The molecule has 1 heterocycles. The highest BCUT2D eigenvalue weighted by Crippen LogP contribution is 2.32. The third-order valence-electron chi connectivity index (χ3n) is 2.82. The average molecular weight is 276 g/mol. The summed E-state index contributed by atoms with van der Waals surface area (Å²) in [6.07, 6.45) is -0.504. The normalized spacial score (nSPS) is 10.8. The molecule has 0 aliphatic rings. The Morgan fingerprint density at radius 1 is 1.16 bits per heavy atom. The Hall–Kier alpha value is -2.20. The summed E-state index contributed by atoms with van der Waals surface area (Å²) in [5.41, 5.74) is 1.43. The van der Waals surface area contributed by atoms with Crippen LogP contribution in [0, 0.1) is 0 Å². The molecule has 19 heavy (non-hydrogen) atoms. The van der Waals surface area contributed by atoms with E-state index in [2.05, 4.69) is 5.32 Å². The van der Waals surface area contributed by atoms with E-state index in [1.165, 1.54) is 7.05 Å². The molecule has 0 aliphatic carbocycles. The number of carbonyl (C=O) groups is 1. The number of amides is 1. The van der Waals surface area contributed by atoms with Crippen LogP contribution in [0.4, 0.5) is 4.79 Å². The first-order chi connectivity index (χ1) is 9.17. The molecule has 4 nitrogen and oxygen atoms in total. The summed E-state index contributed by atoms with van der Waals surface area (Å²) in [4.78, 5) is 11.2. The van der Waals surface area contributed by atoms with Crippen molar-refractivity contribution < 1.29 is 13.9 Å². The number of hydrogen-bond acceptors (Lipinski definition) is 3. The van der Waals surface area contributed by atoms with Crippen LogP contribution in [0.2, 0.25) is 5.02 Å². The molecule has 96 valence electrons. The lowest BCUT2D eigenvalue weighted by molar-refractivity contribution is 0.203. The predicted molar refractivity (Wildman–Crippen MR) is 73.8 cm³/mol. The molecular weight excluding hydrogens is 266 g/mol. The number of ether oxygens (including phenoxy) is 1. The quantitative estimate of drug-likeness (QED) is 0.731. The van der Waals surface area contributed by atoms with Gasteiger partial charge in [-0.25, -0.2) is 4.79 Å². The van der Waals surface area contributed by atoms with E-state index in [1.54, 1.807) is 30.3 Å². The Bertz CT molecular complexity index is 779. The van der Waals surface area contributed by atoms with Gasteiger partial charge in [0.1, 0.15) is 16.9 Å². The lowest BCUT2D eigenvalue weighted by atomic mass is 10.1. The van der Waals surface area contributed by atoms with Gasteiger partial charge in [-0.15, -0.1) is 0 Å². The SMILES string of the molecule is CNC(=O)Oc1ccc2oc3cc(Cl)ccc3c2c1. The number of halogens is 1. The highest BCUT2D eigenvalue weighted by Gasteiger charge is 2.09. The molecule has 0 unspecified atom stereocenters. The first-order valence-electron chi connectivity index (χ1n) is 5.69. The molecule has 0 spiro atoms. The van der Waals surface area contributed by atoms with Crippen molar-refractivity contribution in [2.45, 2.75) is 0 Å². The van der Waals surface area contributed by atoms with Gasteiger partial charge in [0, 0.05) is 28.9 Å². The Kier molecular flexibility index (Phi) is 2.80. The zero-order valence-electron chi connectivity index (χ0n) is 10.1. The van der Waals surface area contributed by atoms with Gasteiger partial charge < -0.3 is 14.5 Å². The third-order valence-corrected chi connectivity index (χ3v) is 3.05. The van der Waals surface area contributed by atoms with Gasteiger partial charge in [0.15, 0.2) is 0 Å². The summed E-state index contributed by atoms with van der Waals surface area (Å²) in [5.74, 6) is 0.463. The molecule has 0 fully saturated rings. The van der Waals surface area contributed by atoms with E-state index in [9.17, 15) is 4.79 Å². The molecular formula is C14H10ClNO3. The maximum atomic E-state index is 11.2. The van der Waals surface area contributed by atoms with Crippen LogP contribution in [0.25, 0.3) is 21.9 Å². The Morgan fingerprint density at radius 3 is 2.79 bits per heavy atom. The zero-order chi connectivity index (χ0) is 13.4. The lowest BCUT2D eigenvalue weighted by Gasteiger charge is -2.02. The second-order valence-corrected chi connectivity index (χ2v) is 4.48. The standard InChI is InChI=1S/C14H10ClNO3/c1-16-14(17)18-9-3-5-12-11(7-9)10-4-2-8(15)6-13(10)19-12/h2-7H,1H3,(H,16,17). The van der Waals surface area contributed by atoms with Crippen LogP contribution in [0.15, 0.2) is 40.8 Å². The smallest absolute Gasteiger partial charge is 0.412 e. The minimum Gasteiger partial charge on any atom is -0.456 e. The summed E-state index contributed by atoms with van der Waals surface area (Å²) in [6, 6.07) is 10.7. The minimum atomic E-state index is -0.504. The number of fused-ring (bicyclic) bond motifs is 3. The fourth-order valence-corrected chi connectivity index (χ4v) is 2.11. The van der Waals surface area contributed by atoms with Crippen molar-refractivity contribution in [2.24, 2.45) is 0 Å². The summed E-state index contributed by atoms with van der Waals surface area (Å²) in [6.45, 7) is 0. The van der Waals surface area contributed by atoms with Crippen LogP contribution in [-0.2, 0) is 0 Å². The number of furan rings is 1. The summed E-state index contributed by atoms with van der Waals surface area (Å²) in [5, 5.41) is 4.83. The first kappa shape index (κ1) is 11.9. The van der Waals surface area contributed by atoms with Crippen LogP contribution in [-0.4, -0.2) is 13.1 Å². The molecule has 3 rings (SSSR count). The Balaban J connectivity index is 2.16. The fourth-order valence-electron chi connectivity index (χ4n) is 1.95. The van der Waals surface area contributed by atoms with E-state index in [-0.39, 0.29) is 0 Å². The molecule has 0 atom stereocenters. The topological polar surface area (TPSA) is 51.5 Å². The van der Waals surface area contributed by atoms with Crippen molar-refractivity contribution in [1.29, 1.82) is 0 Å². The second kappa shape index (κ2) is 4.48. The van der Waals surface area contributed by atoms with Gasteiger partial charge >= 0.3 is 6.09 Å². The number of carbonyl (C=O) groups excluding carboxylic acids is 1. The molecule has 1 aromatic heterocycles. The van der Waals surface area contributed by atoms with E-state index in [4.69, 9.17) is 20.8 Å². The molecule has 5 heteroatoms. The van der Waals surface area contributed by atoms with Crippen LogP contribution >= 0.6 is 11.6 Å². The predicted octanol–water partition coefficient (Wildman–Crippen LogP) is 3.96. The van der Waals surface area contributed by atoms with E-state index in [1.807, 2.05) is 6.07 Å². The molecule has 1 N–H and O–H groups in total. The van der Waals surface area contributed by atoms with Crippen molar-refractivity contribution in [3.63, 3.8) is 0 Å². The fraction of sp³-hybridized carbons (Fsp3) is 0.0714. The monoisotopic (exact) mass is 275 g/mol. The minimum absolute atomic E-state index is 0.463. The van der Waals surface area contributed by atoms with E-state index in [0.717, 1.165) is 16.4 Å². The molecule has 0 saturated carbocycles. The third kappa shape index (κ3) is 2.11. The summed E-state index contributed by atoms with van der Waals surface area (Å²) >= 11 is 5.93. The molecule has 1 amide bonds. The number of hydrogen-bond donors (Lipinski definition) is 1. The summed E-state index contributed by atoms with van der Waals surface area (Å²) < 4.78 is 10.8. The molecule has 0 saturated heterocycles. The van der Waals surface area contributed by atoms with Crippen LogP contribution in [0.3, 0.4) is 0 Å². The van der Waals surface area contributed by atoms with Crippen molar-refractivity contribution >= 4 is 39.6 Å². The van der Waals surface area contributed by atoms with Crippen molar-refractivity contribution in [3.05, 3.63) is 41.4 Å². The highest BCUT2D eigenvalue weighted by molar-refractivity contribution is 6.31. The molecule has 0 radical (unpaired) electrons. The molecule has 3 aromatic rings. The van der Waals surface area contributed by atoms with E-state index < -0.39 is 6.09 Å². The van der Waals surface area contributed by atoms with Gasteiger partial charge in [0.25, 0.3) is 0 Å². The lowest BCUT2D eigenvalue weighted by Crippen LogP contribution is -2.21. The average Bonchev–Trinajstić information content (AvgIpc) is 2.75. The Labute approximate surface area is 113 Å². The van der Waals surface area contributed by atoms with Gasteiger partial charge in [0.2, 0.25) is 0 Å². The van der Waals surface area contributed by atoms with Crippen molar-refractivity contribution in [2.75, 3.05) is 7.05 Å². The number of rotatable bonds is 1. The number of benzene rings is 2. The van der Waals surface area contributed by atoms with Gasteiger partial charge in [-0.3, -0.25) is 0 Å². The molecule has 0 aliphatic heterocycles. The van der Waals surface area contributed by atoms with Gasteiger partial charge in [-0.1, -0.05) is 11.6 Å².